The number of nitrogens with zero attached hydrogens (tertiary/aromatic N) is 5. The molecule has 2 aromatic heterocycles. The highest BCUT2D eigenvalue weighted by atomic mass is 32.2. The largest absolute Gasteiger partial charge is 0.305 e. The second kappa shape index (κ2) is 8.23. The quantitative estimate of drug-likeness (QED) is 0.251. The van der Waals surface area contributed by atoms with Gasteiger partial charge in [-0.25, -0.2) is 0 Å². The summed E-state index contributed by atoms with van der Waals surface area (Å²) in [6, 6.07) is 14.3. The van der Waals surface area contributed by atoms with Crippen LogP contribution in [0, 0.1) is 10.1 Å². The van der Waals surface area contributed by atoms with Crippen LogP contribution in [0.4, 0.5) is 5.69 Å². The highest BCUT2D eigenvalue weighted by Crippen LogP contribution is 2.33. The molecule has 0 bridgehead atoms. The number of carbonyl (C=O) groups excluding carboxylic acids is 1. The summed E-state index contributed by atoms with van der Waals surface area (Å²) >= 11 is 1.35. The summed E-state index contributed by atoms with van der Waals surface area (Å²) in [5.74, 6) is 0.880. The molecule has 162 valence electrons. The van der Waals surface area contributed by atoms with Crippen molar-refractivity contribution in [3.8, 4) is 11.4 Å². The van der Waals surface area contributed by atoms with Crippen LogP contribution in [0.3, 0.4) is 0 Å². The third-order valence-electron chi connectivity index (χ3n) is 5.92. The molecule has 1 aliphatic rings. The standard InChI is InChI=1S/C23H21N5O3S/c1-26-22(15-10-12-16(13-11-15)28(30)31)24-25-23(26)32-14-21(29)27-19-8-4-2-6-17(19)18-7-3-5-9-20(18)27/h2,4,6,8,10-13H,3,5,7,9,14H2,1H3. The first-order valence-corrected chi connectivity index (χ1v) is 11.4. The summed E-state index contributed by atoms with van der Waals surface area (Å²) in [5.41, 5.74) is 4.19. The highest BCUT2D eigenvalue weighted by molar-refractivity contribution is 7.99. The Hall–Kier alpha value is -3.46. The number of para-hydroxylation sites is 1. The first kappa shape index (κ1) is 20.4. The minimum absolute atomic E-state index is 0.0263. The molecule has 8 nitrogen and oxygen atoms in total. The molecule has 5 rings (SSSR count). The van der Waals surface area contributed by atoms with Crippen molar-refractivity contribution in [3.05, 3.63) is 69.9 Å². The van der Waals surface area contributed by atoms with Gasteiger partial charge < -0.3 is 4.57 Å². The molecule has 2 aromatic carbocycles. The van der Waals surface area contributed by atoms with E-state index in [0.717, 1.165) is 42.5 Å². The maximum atomic E-state index is 13.3. The van der Waals surface area contributed by atoms with E-state index < -0.39 is 4.92 Å². The highest BCUT2D eigenvalue weighted by Gasteiger charge is 2.23. The molecule has 4 aromatic rings. The molecule has 0 saturated carbocycles. The van der Waals surface area contributed by atoms with Gasteiger partial charge in [0.1, 0.15) is 0 Å². The molecular weight excluding hydrogens is 426 g/mol. The maximum Gasteiger partial charge on any atom is 0.269 e. The second-order valence-electron chi connectivity index (χ2n) is 7.84. The number of aromatic nitrogens is 4. The number of hydrogen-bond acceptors (Lipinski definition) is 6. The Kier molecular flexibility index (Phi) is 5.26. The van der Waals surface area contributed by atoms with Crippen LogP contribution < -0.4 is 0 Å². The smallest absolute Gasteiger partial charge is 0.269 e. The molecule has 0 aliphatic heterocycles. The molecule has 0 atom stereocenters. The zero-order valence-corrected chi connectivity index (χ0v) is 18.3. The zero-order chi connectivity index (χ0) is 22.2. The van der Waals surface area contributed by atoms with Crippen LogP contribution in [0.5, 0.6) is 0 Å². The summed E-state index contributed by atoms with van der Waals surface area (Å²) in [5, 5.41) is 21.1. The fourth-order valence-corrected chi connectivity index (χ4v) is 5.16. The van der Waals surface area contributed by atoms with Crippen molar-refractivity contribution in [1.82, 2.24) is 19.3 Å². The number of fused-ring (bicyclic) bond motifs is 3. The lowest BCUT2D eigenvalue weighted by molar-refractivity contribution is -0.384. The number of rotatable bonds is 5. The number of nitro benzene ring substituents is 1. The Morgan fingerprint density at radius 3 is 2.62 bits per heavy atom. The van der Waals surface area contributed by atoms with Crippen LogP contribution in [0.15, 0.2) is 53.7 Å². The van der Waals surface area contributed by atoms with Crippen molar-refractivity contribution >= 4 is 34.3 Å². The molecule has 2 heterocycles. The molecule has 0 saturated heterocycles. The van der Waals surface area contributed by atoms with E-state index in [-0.39, 0.29) is 17.3 Å². The molecule has 0 fully saturated rings. The number of thioether (sulfide) groups is 1. The molecule has 0 unspecified atom stereocenters. The van der Waals surface area contributed by atoms with Gasteiger partial charge in [0, 0.05) is 35.8 Å². The van der Waals surface area contributed by atoms with Crippen LogP contribution in [-0.2, 0) is 19.9 Å². The topological polar surface area (TPSA) is 95.8 Å². The zero-order valence-electron chi connectivity index (χ0n) is 17.5. The van der Waals surface area contributed by atoms with Crippen LogP contribution in [0.2, 0.25) is 0 Å². The Balaban J connectivity index is 1.38. The summed E-state index contributed by atoms with van der Waals surface area (Å²) in [6.07, 6.45) is 4.21. The number of aryl methyl sites for hydroxylation is 1. The summed E-state index contributed by atoms with van der Waals surface area (Å²) in [4.78, 5) is 23.7. The van der Waals surface area contributed by atoms with E-state index in [2.05, 4.69) is 16.3 Å². The van der Waals surface area contributed by atoms with E-state index in [4.69, 9.17) is 0 Å². The first-order chi connectivity index (χ1) is 15.5. The Morgan fingerprint density at radius 1 is 1.09 bits per heavy atom. The molecule has 1 aliphatic carbocycles. The van der Waals surface area contributed by atoms with Crippen molar-refractivity contribution < 1.29 is 9.72 Å². The van der Waals surface area contributed by atoms with Gasteiger partial charge in [0.25, 0.3) is 5.69 Å². The van der Waals surface area contributed by atoms with Gasteiger partial charge >= 0.3 is 0 Å². The van der Waals surface area contributed by atoms with E-state index >= 15 is 0 Å². The average Bonchev–Trinajstić information content (AvgIpc) is 3.35. The normalized spacial score (nSPS) is 13.3. The third kappa shape index (κ3) is 3.48. The van der Waals surface area contributed by atoms with Crippen molar-refractivity contribution in [2.45, 2.75) is 30.8 Å². The van der Waals surface area contributed by atoms with Gasteiger partial charge in [0.15, 0.2) is 11.0 Å². The van der Waals surface area contributed by atoms with Crippen LogP contribution in [0.1, 0.15) is 28.9 Å². The van der Waals surface area contributed by atoms with E-state index in [9.17, 15) is 14.9 Å². The lowest BCUT2D eigenvalue weighted by Gasteiger charge is -2.15. The summed E-state index contributed by atoms with van der Waals surface area (Å²) < 4.78 is 3.70. The number of non-ortho nitro benzene ring substituents is 1. The van der Waals surface area contributed by atoms with Gasteiger partial charge in [-0.15, -0.1) is 10.2 Å². The molecule has 9 heteroatoms. The van der Waals surface area contributed by atoms with Crippen molar-refractivity contribution in [2.24, 2.45) is 7.05 Å². The maximum absolute atomic E-state index is 13.3. The van der Waals surface area contributed by atoms with Gasteiger partial charge in [-0.05, 0) is 49.4 Å². The SMILES string of the molecule is Cn1c(SCC(=O)n2c3c(c4ccccc42)CCCC3)nnc1-c1ccc([N+](=O)[O-])cc1. The summed E-state index contributed by atoms with van der Waals surface area (Å²) in [6.45, 7) is 0. The van der Waals surface area contributed by atoms with E-state index in [1.165, 1.54) is 34.8 Å². The van der Waals surface area contributed by atoms with Crippen LogP contribution in [-0.4, -0.2) is 35.9 Å². The van der Waals surface area contributed by atoms with E-state index in [1.807, 2.05) is 34.4 Å². The Labute approximate surface area is 188 Å². The lowest BCUT2D eigenvalue weighted by atomic mass is 9.96. The van der Waals surface area contributed by atoms with Gasteiger partial charge in [-0.3, -0.25) is 19.5 Å². The fraction of sp³-hybridized carbons (Fsp3) is 0.261. The van der Waals surface area contributed by atoms with E-state index in [0.29, 0.717) is 11.0 Å². The predicted molar refractivity (Wildman–Crippen MR) is 123 cm³/mol. The van der Waals surface area contributed by atoms with Gasteiger partial charge in [-0.2, -0.15) is 0 Å². The molecule has 0 spiro atoms. The average molecular weight is 448 g/mol. The second-order valence-corrected chi connectivity index (χ2v) is 8.78. The van der Waals surface area contributed by atoms with Crippen LogP contribution >= 0.6 is 11.8 Å². The fourth-order valence-electron chi connectivity index (χ4n) is 4.40. The van der Waals surface area contributed by atoms with Gasteiger partial charge in [0.05, 0.1) is 16.2 Å². The summed E-state index contributed by atoms with van der Waals surface area (Å²) in [7, 11) is 1.83. The monoisotopic (exact) mass is 447 g/mol. The van der Waals surface area contributed by atoms with Gasteiger partial charge in [-0.1, -0.05) is 30.0 Å². The van der Waals surface area contributed by atoms with Crippen LogP contribution in [0.25, 0.3) is 22.3 Å². The predicted octanol–water partition coefficient (Wildman–Crippen LogP) is 4.66. The van der Waals surface area contributed by atoms with Gasteiger partial charge in [0.2, 0.25) is 5.91 Å². The molecular formula is C23H21N5O3S. The Morgan fingerprint density at radius 2 is 1.84 bits per heavy atom. The molecule has 0 amide bonds. The minimum atomic E-state index is -0.434. The van der Waals surface area contributed by atoms with E-state index in [1.54, 1.807) is 12.1 Å². The van der Waals surface area contributed by atoms with Crippen molar-refractivity contribution in [2.75, 3.05) is 5.75 Å². The number of carbonyl (C=O) groups is 1. The molecule has 0 N–H and O–H groups in total. The first-order valence-electron chi connectivity index (χ1n) is 10.5. The minimum Gasteiger partial charge on any atom is -0.305 e. The number of nitro groups is 1. The molecule has 0 radical (unpaired) electrons. The number of hydrogen-bond donors (Lipinski definition) is 0. The Bertz CT molecular complexity index is 1340. The number of benzene rings is 2. The lowest BCUT2D eigenvalue weighted by Crippen LogP contribution is -2.18. The van der Waals surface area contributed by atoms with Crippen molar-refractivity contribution in [1.29, 1.82) is 0 Å². The molecule has 32 heavy (non-hydrogen) atoms. The van der Waals surface area contributed by atoms with Crippen molar-refractivity contribution in [3.63, 3.8) is 0 Å². The third-order valence-corrected chi connectivity index (χ3v) is 6.93.